The highest BCUT2D eigenvalue weighted by molar-refractivity contribution is 7.13. The average molecular weight is 526 g/mol. The third-order valence-electron chi connectivity index (χ3n) is 7.05. The molecule has 0 radical (unpaired) electrons. The summed E-state index contributed by atoms with van der Waals surface area (Å²) in [5, 5.41) is 32.0. The van der Waals surface area contributed by atoms with Crippen molar-refractivity contribution in [1.29, 1.82) is 0 Å². The SMILES string of the molecule is Nc1ncnc2c1c(-c1nccs1)cn2[C@@H]1C[C@H](CNCCCNCCc2ccc(F)cc2)[C@@H](O)[C@H]1O. The first-order valence-electron chi connectivity index (χ1n) is 12.6. The Morgan fingerprint density at radius 3 is 2.65 bits per heavy atom. The number of nitrogen functional groups attached to an aromatic ring is 1. The van der Waals surface area contributed by atoms with Crippen molar-refractivity contribution < 1.29 is 14.6 Å². The van der Waals surface area contributed by atoms with Gasteiger partial charge in [0.05, 0.1) is 17.5 Å². The molecule has 1 aromatic carbocycles. The average Bonchev–Trinajstić information content (AvgIpc) is 3.62. The third-order valence-corrected chi connectivity index (χ3v) is 7.85. The van der Waals surface area contributed by atoms with Gasteiger partial charge in [-0.25, -0.2) is 19.3 Å². The van der Waals surface area contributed by atoms with E-state index in [0.717, 1.165) is 48.6 Å². The van der Waals surface area contributed by atoms with Crippen LogP contribution >= 0.6 is 11.3 Å². The van der Waals surface area contributed by atoms with Crippen LogP contribution in [0.4, 0.5) is 10.2 Å². The molecule has 0 bridgehead atoms. The van der Waals surface area contributed by atoms with Gasteiger partial charge in [0.15, 0.2) is 0 Å². The first kappa shape index (κ1) is 25.7. The van der Waals surface area contributed by atoms with Crippen LogP contribution in [-0.4, -0.2) is 68.1 Å². The van der Waals surface area contributed by atoms with E-state index in [1.165, 1.54) is 29.8 Å². The van der Waals surface area contributed by atoms with Crippen LogP contribution in [0.25, 0.3) is 21.6 Å². The van der Waals surface area contributed by atoms with Gasteiger partial charge < -0.3 is 31.1 Å². The van der Waals surface area contributed by atoms with Gasteiger partial charge in [-0.2, -0.15) is 0 Å². The molecule has 1 fully saturated rings. The summed E-state index contributed by atoms with van der Waals surface area (Å²) in [6.07, 6.45) is 5.72. The minimum absolute atomic E-state index is 0.0913. The number of halogens is 1. The molecular weight excluding hydrogens is 493 g/mol. The Morgan fingerprint density at radius 1 is 1.05 bits per heavy atom. The van der Waals surface area contributed by atoms with E-state index in [9.17, 15) is 14.6 Å². The number of nitrogens with two attached hydrogens (primary N) is 1. The van der Waals surface area contributed by atoms with Gasteiger partial charge in [0.1, 0.15) is 34.7 Å². The molecule has 37 heavy (non-hydrogen) atoms. The molecule has 0 amide bonds. The van der Waals surface area contributed by atoms with E-state index in [1.54, 1.807) is 6.20 Å². The lowest BCUT2D eigenvalue weighted by Gasteiger charge is -2.19. The molecule has 1 aliphatic rings. The van der Waals surface area contributed by atoms with E-state index in [-0.39, 0.29) is 17.8 Å². The lowest BCUT2D eigenvalue weighted by molar-refractivity contribution is 0.00695. The number of thiazole rings is 1. The standard InChI is InChI=1S/C26H32FN7O2S/c27-18-4-2-16(3-5-18)6-9-29-7-1-8-30-13-17-12-20(23(36)22(17)35)34-14-19(26-31-10-11-37-26)21-24(28)32-15-33-25(21)34/h2-5,10-11,14-15,17,20,22-23,29-30,35-36H,1,6-9,12-13H2,(H2,28,32,33)/t17-,20-,22-,23+/m1/s1. The van der Waals surface area contributed by atoms with Crippen molar-refractivity contribution in [3.8, 4) is 10.6 Å². The summed E-state index contributed by atoms with van der Waals surface area (Å²) in [4.78, 5) is 13.0. The molecular formula is C26H32FN7O2S. The molecule has 3 heterocycles. The van der Waals surface area contributed by atoms with E-state index in [4.69, 9.17) is 5.73 Å². The minimum atomic E-state index is -0.920. The zero-order chi connectivity index (χ0) is 25.8. The summed E-state index contributed by atoms with van der Waals surface area (Å²) in [5.41, 5.74) is 8.77. The van der Waals surface area contributed by atoms with Crippen LogP contribution in [-0.2, 0) is 6.42 Å². The fourth-order valence-corrected chi connectivity index (χ4v) is 5.75. The molecule has 0 aliphatic heterocycles. The second kappa shape index (κ2) is 11.6. The number of aliphatic hydroxyl groups is 2. The van der Waals surface area contributed by atoms with E-state index in [2.05, 4.69) is 25.6 Å². The molecule has 9 nitrogen and oxygen atoms in total. The minimum Gasteiger partial charge on any atom is -0.390 e. The molecule has 4 atom stereocenters. The lowest BCUT2D eigenvalue weighted by Crippen LogP contribution is -2.34. The highest BCUT2D eigenvalue weighted by atomic mass is 32.1. The van der Waals surface area contributed by atoms with Crippen LogP contribution in [0.3, 0.4) is 0 Å². The first-order valence-corrected chi connectivity index (χ1v) is 13.4. The van der Waals surface area contributed by atoms with E-state index < -0.39 is 12.2 Å². The van der Waals surface area contributed by atoms with E-state index in [0.29, 0.717) is 29.8 Å². The summed E-state index contributed by atoms with van der Waals surface area (Å²) < 4.78 is 14.9. The maximum Gasteiger partial charge on any atom is 0.146 e. The van der Waals surface area contributed by atoms with Crippen LogP contribution < -0.4 is 16.4 Å². The molecule has 1 aliphatic carbocycles. The van der Waals surface area contributed by atoms with Gasteiger partial charge in [0.25, 0.3) is 0 Å². The zero-order valence-corrected chi connectivity index (χ0v) is 21.2. The van der Waals surface area contributed by atoms with Gasteiger partial charge in [-0.05, 0) is 56.6 Å². The summed E-state index contributed by atoms with van der Waals surface area (Å²) >= 11 is 1.50. The number of anilines is 1. The Labute approximate surface area is 218 Å². The van der Waals surface area contributed by atoms with Crippen LogP contribution in [0, 0.1) is 11.7 Å². The van der Waals surface area contributed by atoms with Crippen molar-refractivity contribution in [2.75, 3.05) is 31.9 Å². The summed E-state index contributed by atoms with van der Waals surface area (Å²) in [7, 11) is 0. The Balaban J connectivity index is 1.13. The van der Waals surface area contributed by atoms with Gasteiger partial charge in [-0.1, -0.05) is 12.1 Å². The topological polar surface area (TPSA) is 134 Å². The number of nitrogens with one attached hydrogen (secondary N) is 2. The first-order chi connectivity index (χ1) is 18.0. The Hall–Kier alpha value is -2.96. The van der Waals surface area contributed by atoms with Gasteiger partial charge >= 0.3 is 0 Å². The monoisotopic (exact) mass is 525 g/mol. The predicted molar refractivity (Wildman–Crippen MR) is 143 cm³/mol. The second-order valence-corrected chi connectivity index (χ2v) is 10.4. The summed E-state index contributed by atoms with van der Waals surface area (Å²) in [6, 6.07) is 6.26. The van der Waals surface area contributed by atoms with Crippen molar-refractivity contribution in [2.45, 2.75) is 37.5 Å². The van der Waals surface area contributed by atoms with Gasteiger partial charge in [-0.15, -0.1) is 11.3 Å². The highest BCUT2D eigenvalue weighted by Crippen LogP contribution is 2.41. The molecule has 3 aromatic heterocycles. The number of nitrogens with zero attached hydrogens (tertiary/aromatic N) is 4. The van der Waals surface area contributed by atoms with E-state index >= 15 is 0 Å². The van der Waals surface area contributed by atoms with Crippen LogP contribution in [0.1, 0.15) is 24.4 Å². The number of fused-ring (bicyclic) bond motifs is 1. The summed E-state index contributed by atoms with van der Waals surface area (Å²) in [5.74, 6) is 0.0627. The molecule has 0 saturated heterocycles. The number of rotatable bonds is 11. The maximum atomic E-state index is 13.0. The fraction of sp³-hybridized carbons (Fsp3) is 0.423. The third kappa shape index (κ3) is 5.65. The molecule has 6 N–H and O–H groups in total. The molecule has 11 heteroatoms. The number of hydrogen-bond donors (Lipinski definition) is 5. The molecule has 5 rings (SSSR count). The van der Waals surface area contributed by atoms with Crippen LogP contribution in [0.15, 0.2) is 48.4 Å². The number of aromatic nitrogens is 4. The molecule has 4 aromatic rings. The van der Waals surface area contributed by atoms with Crippen molar-refractivity contribution in [2.24, 2.45) is 5.92 Å². The quantitative estimate of drug-likeness (QED) is 0.189. The Morgan fingerprint density at radius 2 is 1.86 bits per heavy atom. The Bertz CT molecular complexity index is 1300. The molecule has 0 unspecified atom stereocenters. The number of benzene rings is 1. The lowest BCUT2D eigenvalue weighted by atomic mass is 10.1. The molecule has 1 saturated carbocycles. The van der Waals surface area contributed by atoms with Crippen molar-refractivity contribution in [3.63, 3.8) is 0 Å². The van der Waals surface area contributed by atoms with Gasteiger partial charge in [0.2, 0.25) is 0 Å². The van der Waals surface area contributed by atoms with Gasteiger partial charge in [0, 0.05) is 35.8 Å². The predicted octanol–water partition coefficient (Wildman–Crippen LogP) is 2.37. The maximum absolute atomic E-state index is 13.0. The largest absolute Gasteiger partial charge is 0.390 e. The fourth-order valence-electron chi connectivity index (χ4n) is 5.09. The second-order valence-electron chi connectivity index (χ2n) is 9.47. The summed E-state index contributed by atoms with van der Waals surface area (Å²) in [6.45, 7) is 3.11. The van der Waals surface area contributed by atoms with Crippen LogP contribution in [0.2, 0.25) is 0 Å². The highest BCUT2D eigenvalue weighted by Gasteiger charge is 2.43. The van der Waals surface area contributed by atoms with Crippen molar-refractivity contribution in [1.82, 2.24) is 30.2 Å². The number of aliphatic hydroxyl groups excluding tert-OH is 2. The molecule has 196 valence electrons. The zero-order valence-electron chi connectivity index (χ0n) is 20.4. The normalized spacial score (nSPS) is 21.7. The number of hydrogen-bond acceptors (Lipinski definition) is 9. The van der Waals surface area contributed by atoms with Crippen LogP contribution in [0.5, 0.6) is 0 Å². The molecule has 0 spiro atoms. The van der Waals surface area contributed by atoms with Crippen molar-refractivity contribution >= 4 is 28.2 Å². The van der Waals surface area contributed by atoms with E-state index in [1.807, 2.05) is 28.3 Å². The van der Waals surface area contributed by atoms with Gasteiger partial charge in [-0.3, -0.25) is 0 Å². The Kier molecular flexibility index (Phi) is 8.06. The van der Waals surface area contributed by atoms with Crippen molar-refractivity contribution in [3.05, 3.63) is 59.7 Å². The smallest absolute Gasteiger partial charge is 0.146 e.